The first-order chi connectivity index (χ1) is 12.8. The quantitative estimate of drug-likeness (QED) is 0.624. The molecule has 148 valence electrons. The second-order valence-corrected chi connectivity index (χ2v) is 7.67. The largest absolute Gasteiger partial charge is 0.493 e. The molecule has 1 saturated heterocycles. The average Bonchev–Trinajstić information content (AvgIpc) is 2.68. The molecule has 2 N–H and O–H groups in total. The molecule has 7 nitrogen and oxygen atoms in total. The van der Waals surface area contributed by atoms with Crippen LogP contribution in [0.5, 0.6) is 11.5 Å². The zero-order chi connectivity index (χ0) is 20.0. The summed E-state index contributed by atoms with van der Waals surface area (Å²) in [6.45, 7) is 8.86. The Kier molecular flexibility index (Phi) is 7.05. The summed E-state index contributed by atoms with van der Waals surface area (Å²) in [7, 11) is 5.00. The molecule has 27 heavy (non-hydrogen) atoms. The van der Waals surface area contributed by atoms with Crippen LogP contribution in [-0.4, -0.2) is 70.3 Å². The topological polar surface area (TPSA) is 71.4 Å². The lowest BCUT2D eigenvalue weighted by atomic mass is 10.1. The second-order valence-electron chi connectivity index (χ2n) is 7.67. The molecule has 2 rings (SSSR count). The summed E-state index contributed by atoms with van der Waals surface area (Å²) in [4.78, 5) is 16.8. The molecule has 1 fully saturated rings. The van der Waals surface area contributed by atoms with Gasteiger partial charge in [0.1, 0.15) is 38.3 Å². The summed E-state index contributed by atoms with van der Waals surface area (Å²) in [6, 6.07) is 8.24. The highest BCUT2D eigenvalue weighted by Crippen LogP contribution is 2.27. The molecule has 1 amide bonds. The molecule has 1 heterocycles. The Labute approximate surface area is 162 Å². The van der Waals surface area contributed by atoms with Gasteiger partial charge >= 0.3 is 0 Å². The zero-order valence-electron chi connectivity index (χ0n) is 17.1. The van der Waals surface area contributed by atoms with Crippen molar-refractivity contribution in [3.05, 3.63) is 23.8 Å². The first-order valence-corrected chi connectivity index (χ1v) is 9.36. The van der Waals surface area contributed by atoms with Gasteiger partial charge < -0.3 is 24.2 Å². The van der Waals surface area contributed by atoms with Gasteiger partial charge in [-0.25, -0.2) is 0 Å². The second kappa shape index (κ2) is 9.07. The van der Waals surface area contributed by atoms with E-state index < -0.39 is 5.54 Å². The molecule has 1 aliphatic heterocycles. The third kappa shape index (κ3) is 5.34. The van der Waals surface area contributed by atoms with Crippen LogP contribution in [0.2, 0.25) is 0 Å². The minimum Gasteiger partial charge on any atom is -0.493 e. The van der Waals surface area contributed by atoms with Crippen molar-refractivity contribution in [2.75, 3.05) is 54.0 Å². The lowest BCUT2D eigenvalue weighted by Crippen LogP contribution is -3.28. The van der Waals surface area contributed by atoms with Crippen LogP contribution in [0.15, 0.2) is 18.2 Å². The minimum atomic E-state index is -0.767. The normalized spacial score (nSPS) is 19.9. The van der Waals surface area contributed by atoms with Gasteiger partial charge in [0.2, 0.25) is 0 Å². The molecule has 7 heteroatoms. The van der Waals surface area contributed by atoms with Crippen LogP contribution in [-0.2, 0) is 11.3 Å². The number of benzene rings is 1. The summed E-state index contributed by atoms with van der Waals surface area (Å²) in [5.74, 6) is 1.53. The van der Waals surface area contributed by atoms with E-state index in [4.69, 9.17) is 9.47 Å². The number of methoxy groups -OCH3 is 2. The SMILES string of the molecule is COc1ccc(C[NH+]2CC[NH+](CC(=O)N(C)C(C)(C)C#N)CC2)cc1OC. The molecule has 0 bridgehead atoms. The van der Waals surface area contributed by atoms with E-state index in [1.807, 2.05) is 12.1 Å². The molecule has 1 aliphatic rings. The highest BCUT2D eigenvalue weighted by Gasteiger charge is 2.31. The van der Waals surface area contributed by atoms with Gasteiger partial charge in [-0.05, 0) is 32.0 Å². The summed E-state index contributed by atoms with van der Waals surface area (Å²) >= 11 is 0. The predicted octanol–water partition coefficient (Wildman–Crippen LogP) is -1.25. The molecular weight excluding hydrogens is 344 g/mol. The van der Waals surface area contributed by atoms with E-state index in [1.165, 1.54) is 15.4 Å². The average molecular weight is 377 g/mol. The molecule has 0 aromatic heterocycles. The minimum absolute atomic E-state index is 0.0277. The van der Waals surface area contributed by atoms with Crippen LogP contribution < -0.4 is 19.3 Å². The van der Waals surface area contributed by atoms with Crippen LogP contribution in [0.25, 0.3) is 0 Å². The number of hydrogen-bond donors (Lipinski definition) is 2. The highest BCUT2D eigenvalue weighted by molar-refractivity contribution is 5.78. The molecule has 0 atom stereocenters. The van der Waals surface area contributed by atoms with Crippen molar-refractivity contribution in [2.24, 2.45) is 0 Å². The zero-order valence-corrected chi connectivity index (χ0v) is 17.1. The van der Waals surface area contributed by atoms with Crippen LogP contribution >= 0.6 is 0 Å². The molecule has 0 unspecified atom stereocenters. The third-order valence-corrected chi connectivity index (χ3v) is 5.45. The van der Waals surface area contributed by atoms with Crippen molar-refractivity contribution in [1.82, 2.24) is 4.90 Å². The number of ether oxygens (including phenoxy) is 2. The maximum absolute atomic E-state index is 12.4. The van der Waals surface area contributed by atoms with E-state index in [0.29, 0.717) is 6.54 Å². The van der Waals surface area contributed by atoms with Gasteiger partial charge in [0.05, 0.1) is 20.3 Å². The van der Waals surface area contributed by atoms with Crippen LogP contribution in [0, 0.1) is 11.3 Å². The number of quaternary nitrogens is 2. The monoisotopic (exact) mass is 376 g/mol. The Morgan fingerprint density at radius 1 is 1.15 bits per heavy atom. The molecule has 0 saturated carbocycles. The Morgan fingerprint density at radius 3 is 2.30 bits per heavy atom. The van der Waals surface area contributed by atoms with Gasteiger partial charge in [-0.15, -0.1) is 0 Å². The van der Waals surface area contributed by atoms with Gasteiger partial charge in [0.15, 0.2) is 18.0 Å². The predicted molar refractivity (Wildman–Crippen MR) is 102 cm³/mol. The number of hydrogen-bond acceptors (Lipinski definition) is 4. The lowest BCUT2D eigenvalue weighted by molar-refractivity contribution is -1.02. The fourth-order valence-corrected chi connectivity index (χ4v) is 3.31. The molecule has 0 aliphatic carbocycles. The first kappa shape index (κ1) is 21.0. The van der Waals surface area contributed by atoms with E-state index in [2.05, 4.69) is 12.1 Å². The number of carbonyl (C=O) groups is 1. The fourth-order valence-electron chi connectivity index (χ4n) is 3.31. The van der Waals surface area contributed by atoms with Gasteiger partial charge in [0.25, 0.3) is 5.91 Å². The molecule has 1 aromatic carbocycles. The Hall–Kier alpha value is -2.30. The number of amides is 1. The van der Waals surface area contributed by atoms with Crippen molar-refractivity contribution in [2.45, 2.75) is 25.9 Å². The fraction of sp³-hybridized carbons (Fsp3) is 0.600. The van der Waals surface area contributed by atoms with Gasteiger partial charge in [-0.1, -0.05) is 0 Å². The van der Waals surface area contributed by atoms with Crippen molar-refractivity contribution >= 4 is 5.91 Å². The number of likely N-dealkylation sites (N-methyl/N-ethyl adjacent to an activating group) is 1. The van der Waals surface area contributed by atoms with E-state index in [9.17, 15) is 10.1 Å². The standard InChI is InChI=1S/C20H30N4O3/c1-20(2,15-21)22(3)19(25)14-24-10-8-23(9-11-24)13-16-6-7-17(26-4)18(12-16)27-5/h6-7,12H,8-11,13-14H2,1-5H3/p+2. The van der Waals surface area contributed by atoms with E-state index in [1.54, 1.807) is 40.0 Å². The summed E-state index contributed by atoms with van der Waals surface area (Å²) in [5.41, 5.74) is 0.453. The molecule has 0 spiro atoms. The maximum Gasteiger partial charge on any atom is 0.278 e. The summed E-state index contributed by atoms with van der Waals surface area (Å²) < 4.78 is 10.7. The third-order valence-electron chi connectivity index (χ3n) is 5.45. The van der Waals surface area contributed by atoms with E-state index >= 15 is 0 Å². The van der Waals surface area contributed by atoms with E-state index in [0.717, 1.165) is 44.2 Å². The van der Waals surface area contributed by atoms with Crippen LogP contribution in [0.3, 0.4) is 0 Å². The van der Waals surface area contributed by atoms with Gasteiger partial charge in [0, 0.05) is 12.6 Å². The van der Waals surface area contributed by atoms with Crippen molar-refractivity contribution in [3.63, 3.8) is 0 Å². The van der Waals surface area contributed by atoms with Crippen molar-refractivity contribution in [3.8, 4) is 17.6 Å². The number of piperazine rings is 1. The number of carbonyl (C=O) groups excluding carboxylic acids is 1. The Bertz CT molecular complexity index is 691. The van der Waals surface area contributed by atoms with Crippen molar-refractivity contribution in [1.29, 1.82) is 5.26 Å². The first-order valence-electron chi connectivity index (χ1n) is 9.36. The summed E-state index contributed by atoms with van der Waals surface area (Å²) in [5, 5.41) is 9.19. The number of nitrogens with zero attached hydrogens (tertiary/aromatic N) is 2. The van der Waals surface area contributed by atoms with Gasteiger partial charge in [-0.3, -0.25) is 4.79 Å². The Balaban J connectivity index is 1.85. The number of nitrogens with one attached hydrogen (secondary N) is 2. The van der Waals surface area contributed by atoms with E-state index in [-0.39, 0.29) is 5.91 Å². The molecule has 0 radical (unpaired) electrons. The number of nitriles is 1. The number of rotatable bonds is 7. The van der Waals surface area contributed by atoms with Crippen LogP contribution in [0.4, 0.5) is 0 Å². The molecular formula is C20H32N4O3+2. The summed E-state index contributed by atoms with van der Waals surface area (Å²) in [6.07, 6.45) is 0. The highest BCUT2D eigenvalue weighted by atomic mass is 16.5. The van der Waals surface area contributed by atoms with Gasteiger partial charge in [-0.2, -0.15) is 5.26 Å². The smallest absolute Gasteiger partial charge is 0.278 e. The molecule has 1 aromatic rings. The Morgan fingerprint density at radius 2 is 1.74 bits per heavy atom. The van der Waals surface area contributed by atoms with Crippen LogP contribution in [0.1, 0.15) is 19.4 Å². The van der Waals surface area contributed by atoms with Crippen molar-refractivity contribution < 1.29 is 24.1 Å². The lowest BCUT2D eigenvalue weighted by Gasteiger charge is -2.33. The maximum atomic E-state index is 12.4.